The Hall–Kier alpha value is 0.190. The van der Waals surface area contributed by atoms with Gasteiger partial charge in [0.1, 0.15) is 12.4 Å². The van der Waals surface area contributed by atoms with Gasteiger partial charge in [0.15, 0.2) is 0 Å². The van der Waals surface area contributed by atoms with Crippen molar-refractivity contribution in [2.75, 3.05) is 33.5 Å². The standard InChI is InChI=1S/C12H15Br2ClO3/c1-16-2-3-17-4-5-18-12-10(13)6-9(8-15)7-11(12)14/h6-7H,2-5,8H2,1H3. The average Bonchev–Trinajstić information content (AvgIpc) is 2.35. The molecule has 0 heterocycles. The first-order chi connectivity index (χ1) is 8.69. The molecule has 0 amide bonds. The van der Waals surface area contributed by atoms with Crippen LogP contribution in [0, 0.1) is 0 Å². The van der Waals surface area contributed by atoms with Crippen LogP contribution in [-0.2, 0) is 15.4 Å². The van der Waals surface area contributed by atoms with E-state index >= 15 is 0 Å². The minimum Gasteiger partial charge on any atom is -0.489 e. The first-order valence-electron chi connectivity index (χ1n) is 5.42. The summed E-state index contributed by atoms with van der Waals surface area (Å²) in [5.41, 5.74) is 1.03. The summed E-state index contributed by atoms with van der Waals surface area (Å²) in [5, 5.41) is 0. The van der Waals surface area contributed by atoms with E-state index in [4.69, 9.17) is 25.8 Å². The van der Waals surface area contributed by atoms with Crippen LogP contribution >= 0.6 is 43.5 Å². The van der Waals surface area contributed by atoms with Gasteiger partial charge in [0, 0.05) is 13.0 Å². The van der Waals surface area contributed by atoms with E-state index in [1.807, 2.05) is 12.1 Å². The van der Waals surface area contributed by atoms with Crippen molar-refractivity contribution >= 4 is 43.5 Å². The van der Waals surface area contributed by atoms with Gasteiger partial charge in [0.25, 0.3) is 0 Å². The third-order valence-corrected chi connectivity index (χ3v) is 3.60. The van der Waals surface area contributed by atoms with Crippen molar-refractivity contribution in [3.63, 3.8) is 0 Å². The van der Waals surface area contributed by atoms with Crippen LogP contribution in [0.1, 0.15) is 5.56 Å². The molecule has 1 rings (SSSR count). The maximum absolute atomic E-state index is 5.78. The van der Waals surface area contributed by atoms with Gasteiger partial charge in [-0.1, -0.05) is 0 Å². The van der Waals surface area contributed by atoms with Crippen LogP contribution in [0.4, 0.5) is 0 Å². The summed E-state index contributed by atoms with van der Waals surface area (Å²) in [6.07, 6.45) is 0. The van der Waals surface area contributed by atoms with Crippen LogP contribution < -0.4 is 4.74 Å². The summed E-state index contributed by atoms with van der Waals surface area (Å²) in [5.74, 6) is 1.23. The number of rotatable bonds is 8. The summed E-state index contributed by atoms with van der Waals surface area (Å²) < 4.78 is 17.6. The Labute approximate surface area is 129 Å². The summed E-state index contributed by atoms with van der Waals surface area (Å²) in [7, 11) is 1.65. The molecule has 0 N–H and O–H groups in total. The molecule has 1 aromatic rings. The summed E-state index contributed by atoms with van der Waals surface area (Å²) >= 11 is 12.7. The maximum Gasteiger partial charge on any atom is 0.147 e. The molecule has 6 heteroatoms. The molecule has 0 atom stereocenters. The van der Waals surface area contributed by atoms with Crippen LogP contribution in [0.3, 0.4) is 0 Å². The Morgan fingerprint density at radius 1 is 1.06 bits per heavy atom. The highest BCUT2D eigenvalue weighted by atomic mass is 79.9. The second-order valence-electron chi connectivity index (χ2n) is 3.48. The van der Waals surface area contributed by atoms with Crippen molar-refractivity contribution in [2.24, 2.45) is 0 Å². The fourth-order valence-electron chi connectivity index (χ4n) is 1.27. The van der Waals surface area contributed by atoms with Gasteiger partial charge in [-0.15, -0.1) is 11.6 Å². The molecule has 0 aliphatic rings. The minimum atomic E-state index is 0.470. The number of halogens is 3. The second-order valence-corrected chi connectivity index (χ2v) is 5.45. The lowest BCUT2D eigenvalue weighted by Gasteiger charge is -2.11. The summed E-state index contributed by atoms with van der Waals surface area (Å²) in [6, 6.07) is 3.89. The fraction of sp³-hybridized carbons (Fsp3) is 0.500. The van der Waals surface area contributed by atoms with E-state index < -0.39 is 0 Å². The molecule has 0 saturated carbocycles. The highest BCUT2D eigenvalue weighted by Gasteiger charge is 2.08. The van der Waals surface area contributed by atoms with Gasteiger partial charge in [-0.05, 0) is 49.6 Å². The largest absolute Gasteiger partial charge is 0.489 e. The highest BCUT2D eigenvalue weighted by molar-refractivity contribution is 9.11. The number of hydrogen-bond acceptors (Lipinski definition) is 3. The lowest BCUT2D eigenvalue weighted by molar-refractivity contribution is 0.0542. The van der Waals surface area contributed by atoms with Gasteiger partial charge < -0.3 is 14.2 Å². The van der Waals surface area contributed by atoms with Gasteiger partial charge in [0.05, 0.1) is 28.8 Å². The van der Waals surface area contributed by atoms with E-state index in [-0.39, 0.29) is 0 Å². The zero-order chi connectivity index (χ0) is 13.4. The van der Waals surface area contributed by atoms with E-state index in [1.165, 1.54) is 0 Å². The first-order valence-corrected chi connectivity index (χ1v) is 7.54. The minimum absolute atomic E-state index is 0.470. The summed E-state index contributed by atoms with van der Waals surface area (Å²) in [6.45, 7) is 2.19. The normalized spacial score (nSPS) is 10.7. The molecule has 0 aromatic heterocycles. The monoisotopic (exact) mass is 400 g/mol. The third-order valence-electron chi connectivity index (χ3n) is 2.12. The Morgan fingerprint density at radius 3 is 2.22 bits per heavy atom. The van der Waals surface area contributed by atoms with E-state index in [1.54, 1.807) is 7.11 Å². The fourth-order valence-corrected chi connectivity index (χ4v) is 2.94. The van der Waals surface area contributed by atoms with Crippen molar-refractivity contribution in [2.45, 2.75) is 5.88 Å². The van der Waals surface area contributed by atoms with Crippen molar-refractivity contribution < 1.29 is 14.2 Å². The lowest BCUT2D eigenvalue weighted by atomic mass is 10.2. The van der Waals surface area contributed by atoms with Crippen LogP contribution in [0.25, 0.3) is 0 Å². The molecule has 0 aliphatic carbocycles. The zero-order valence-electron chi connectivity index (χ0n) is 10.0. The Balaban J connectivity index is 2.42. The molecule has 18 heavy (non-hydrogen) atoms. The molecule has 3 nitrogen and oxygen atoms in total. The molecular formula is C12H15Br2ClO3. The van der Waals surface area contributed by atoms with Crippen LogP contribution in [-0.4, -0.2) is 33.5 Å². The lowest BCUT2D eigenvalue weighted by Crippen LogP contribution is -2.10. The quantitative estimate of drug-likeness (QED) is 0.486. The number of hydrogen-bond donors (Lipinski definition) is 0. The molecule has 1 aromatic carbocycles. The van der Waals surface area contributed by atoms with Crippen LogP contribution in [0.15, 0.2) is 21.1 Å². The molecule has 0 radical (unpaired) electrons. The van der Waals surface area contributed by atoms with Gasteiger partial charge in [0.2, 0.25) is 0 Å². The Morgan fingerprint density at radius 2 is 1.67 bits per heavy atom. The topological polar surface area (TPSA) is 27.7 Å². The van der Waals surface area contributed by atoms with Crippen LogP contribution in [0.2, 0.25) is 0 Å². The number of alkyl halides is 1. The summed E-state index contributed by atoms with van der Waals surface area (Å²) in [4.78, 5) is 0. The van der Waals surface area contributed by atoms with Crippen molar-refractivity contribution in [1.29, 1.82) is 0 Å². The molecule has 0 bridgehead atoms. The molecule has 102 valence electrons. The van der Waals surface area contributed by atoms with Crippen molar-refractivity contribution in [3.05, 3.63) is 26.6 Å². The molecule has 0 unspecified atom stereocenters. The smallest absolute Gasteiger partial charge is 0.147 e. The second kappa shape index (κ2) is 9.15. The molecular weight excluding hydrogens is 387 g/mol. The average molecular weight is 403 g/mol. The number of benzene rings is 1. The molecule has 0 aliphatic heterocycles. The van der Waals surface area contributed by atoms with E-state index in [9.17, 15) is 0 Å². The molecule has 0 spiro atoms. The SMILES string of the molecule is COCCOCCOc1c(Br)cc(CCl)cc1Br. The predicted molar refractivity (Wildman–Crippen MR) is 79.6 cm³/mol. The Bertz CT molecular complexity index is 351. The molecule has 0 saturated heterocycles. The number of methoxy groups -OCH3 is 1. The van der Waals surface area contributed by atoms with Crippen LogP contribution in [0.5, 0.6) is 5.75 Å². The van der Waals surface area contributed by atoms with Crippen molar-refractivity contribution in [1.82, 2.24) is 0 Å². The third kappa shape index (κ3) is 5.45. The highest BCUT2D eigenvalue weighted by Crippen LogP contribution is 2.35. The van der Waals surface area contributed by atoms with Gasteiger partial charge >= 0.3 is 0 Å². The Kier molecular flexibility index (Phi) is 8.26. The van der Waals surface area contributed by atoms with Gasteiger partial charge in [-0.2, -0.15) is 0 Å². The van der Waals surface area contributed by atoms with E-state index in [2.05, 4.69) is 31.9 Å². The van der Waals surface area contributed by atoms with E-state index in [0.717, 1.165) is 20.3 Å². The van der Waals surface area contributed by atoms with E-state index in [0.29, 0.717) is 32.3 Å². The first kappa shape index (κ1) is 16.2. The van der Waals surface area contributed by atoms with Crippen molar-refractivity contribution in [3.8, 4) is 5.75 Å². The van der Waals surface area contributed by atoms with Gasteiger partial charge in [-0.3, -0.25) is 0 Å². The maximum atomic E-state index is 5.78. The van der Waals surface area contributed by atoms with Gasteiger partial charge in [-0.25, -0.2) is 0 Å². The zero-order valence-corrected chi connectivity index (χ0v) is 14.0. The molecule has 0 fully saturated rings. The number of ether oxygens (including phenoxy) is 3. The predicted octanol–water partition coefficient (Wildman–Crippen LogP) is 3.99.